The Morgan fingerprint density at radius 2 is 1.11 bits per heavy atom. The van der Waals surface area contributed by atoms with E-state index >= 15 is 0 Å². The van der Waals surface area contributed by atoms with Gasteiger partial charge in [0, 0.05) is 5.92 Å². The van der Waals surface area contributed by atoms with Crippen LogP contribution in [-0.2, 0) is 4.79 Å². The molecular weight excluding hydrogens is 332 g/mol. The van der Waals surface area contributed by atoms with E-state index in [4.69, 9.17) is 5.73 Å². The molecule has 0 fully saturated rings. The molecule has 162 valence electrons. The van der Waals surface area contributed by atoms with Crippen LogP contribution >= 0.6 is 0 Å². The number of carbonyl (C=O) groups excluding carboxylic acids is 1. The maximum Gasteiger partial charge on any atom is 0.220 e. The molecule has 2 N–H and O–H groups in total. The SMILES string of the molecule is CCN(CC)CCC(CCCCCCCCCCCCCC(C)C)C(N)=O. The summed E-state index contributed by atoms with van der Waals surface area (Å²) in [6, 6.07) is 0. The highest BCUT2D eigenvalue weighted by Gasteiger charge is 2.15. The topological polar surface area (TPSA) is 46.3 Å². The average Bonchev–Trinajstić information content (AvgIpc) is 2.63. The van der Waals surface area contributed by atoms with Gasteiger partial charge in [-0.2, -0.15) is 0 Å². The minimum absolute atomic E-state index is 0.0706. The van der Waals surface area contributed by atoms with Gasteiger partial charge in [0.05, 0.1) is 0 Å². The third-order valence-corrected chi connectivity index (χ3v) is 5.92. The second-order valence-corrected chi connectivity index (χ2v) is 8.78. The van der Waals surface area contributed by atoms with Gasteiger partial charge < -0.3 is 10.6 Å². The zero-order valence-electron chi connectivity index (χ0n) is 19.1. The molecule has 0 bridgehead atoms. The Morgan fingerprint density at radius 1 is 0.704 bits per heavy atom. The molecule has 0 rings (SSSR count). The summed E-state index contributed by atoms with van der Waals surface area (Å²) in [7, 11) is 0. The largest absolute Gasteiger partial charge is 0.369 e. The molecule has 0 aromatic heterocycles. The predicted molar refractivity (Wildman–Crippen MR) is 120 cm³/mol. The van der Waals surface area contributed by atoms with Crippen LogP contribution in [0.1, 0.15) is 118 Å². The fourth-order valence-corrected chi connectivity index (χ4v) is 3.84. The Morgan fingerprint density at radius 3 is 1.48 bits per heavy atom. The van der Waals surface area contributed by atoms with E-state index in [2.05, 4.69) is 32.6 Å². The first-order valence-corrected chi connectivity index (χ1v) is 12.0. The summed E-state index contributed by atoms with van der Waals surface area (Å²) >= 11 is 0. The van der Waals surface area contributed by atoms with Crippen molar-refractivity contribution in [3.8, 4) is 0 Å². The highest BCUT2D eigenvalue weighted by molar-refractivity contribution is 5.76. The molecule has 0 aliphatic heterocycles. The quantitative estimate of drug-likeness (QED) is 0.243. The van der Waals surface area contributed by atoms with Crippen LogP contribution < -0.4 is 5.73 Å². The summed E-state index contributed by atoms with van der Waals surface area (Å²) in [5.41, 5.74) is 5.60. The number of nitrogens with zero attached hydrogens (tertiary/aromatic N) is 1. The van der Waals surface area contributed by atoms with E-state index in [1.165, 1.54) is 70.6 Å². The molecule has 1 atom stereocenters. The number of amides is 1. The van der Waals surface area contributed by atoms with Crippen LogP contribution in [0.2, 0.25) is 0 Å². The molecule has 3 nitrogen and oxygen atoms in total. The molecule has 0 aliphatic carbocycles. The van der Waals surface area contributed by atoms with E-state index in [0.29, 0.717) is 0 Å². The predicted octanol–water partition coefficient (Wildman–Crippen LogP) is 6.55. The summed E-state index contributed by atoms with van der Waals surface area (Å²) in [5, 5.41) is 0. The van der Waals surface area contributed by atoms with Crippen molar-refractivity contribution in [1.82, 2.24) is 4.90 Å². The zero-order chi connectivity index (χ0) is 20.3. The lowest BCUT2D eigenvalue weighted by molar-refractivity contribution is -0.122. The van der Waals surface area contributed by atoms with Gasteiger partial charge in [0.25, 0.3) is 0 Å². The van der Waals surface area contributed by atoms with E-state index in [1.54, 1.807) is 0 Å². The standard InChI is InChI=1S/C24H50N2O/c1-5-26(6-2)21-20-23(24(25)27)19-17-15-13-11-9-7-8-10-12-14-16-18-22(3)4/h22-23H,5-21H2,1-4H3,(H2,25,27). The normalized spacial score (nSPS) is 12.8. The fraction of sp³-hybridized carbons (Fsp3) is 0.958. The van der Waals surface area contributed by atoms with Crippen molar-refractivity contribution < 1.29 is 4.79 Å². The molecule has 0 heterocycles. The molecule has 1 unspecified atom stereocenters. The molecule has 1 amide bonds. The summed E-state index contributed by atoms with van der Waals surface area (Å²) < 4.78 is 0. The van der Waals surface area contributed by atoms with Gasteiger partial charge >= 0.3 is 0 Å². The Hall–Kier alpha value is -0.570. The van der Waals surface area contributed by atoms with Gasteiger partial charge in [-0.3, -0.25) is 4.79 Å². The Bertz CT molecular complexity index is 326. The molecule has 0 aromatic carbocycles. The summed E-state index contributed by atoms with van der Waals surface area (Å²) in [4.78, 5) is 14.0. The molecule has 0 spiro atoms. The number of carbonyl (C=O) groups is 1. The molecule has 0 aromatic rings. The number of hydrogen-bond donors (Lipinski definition) is 1. The van der Waals surface area contributed by atoms with E-state index < -0.39 is 0 Å². The maximum absolute atomic E-state index is 11.7. The van der Waals surface area contributed by atoms with E-state index in [-0.39, 0.29) is 11.8 Å². The monoisotopic (exact) mass is 382 g/mol. The van der Waals surface area contributed by atoms with Gasteiger partial charge in [0.2, 0.25) is 5.91 Å². The smallest absolute Gasteiger partial charge is 0.220 e. The second kappa shape index (κ2) is 18.8. The molecule has 0 radical (unpaired) electrons. The van der Waals surface area contributed by atoms with Crippen molar-refractivity contribution in [2.45, 2.75) is 118 Å². The zero-order valence-corrected chi connectivity index (χ0v) is 19.1. The minimum Gasteiger partial charge on any atom is -0.369 e. The maximum atomic E-state index is 11.7. The first-order valence-electron chi connectivity index (χ1n) is 12.0. The Labute approximate surface area is 170 Å². The lowest BCUT2D eigenvalue weighted by Gasteiger charge is -2.21. The van der Waals surface area contributed by atoms with E-state index in [9.17, 15) is 4.79 Å². The summed E-state index contributed by atoms with van der Waals surface area (Å²) in [6.07, 6.45) is 18.3. The van der Waals surface area contributed by atoms with Gasteiger partial charge in [0.15, 0.2) is 0 Å². The number of rotatable bonds is 20. The highest BCUT2D eigenvalue weighted by Crippen LogP contribution is 2.17. The number of hydrogen-bond acceptors (Lipinski definition) is 2. The number of unbranched alkanes of at least 4 members (excludes halogenated alkanes) is 10. The first kappa shape index (κ1) is 26.4. The van der Waals surface area contributed by atoms with Crippen molar-refractivity contribution in [1.29, 1.82) is 0 Å². The summed E-state index contributed by atoms with van der Waals surface area (Å²) in [5.74, 6) is 0.836. The highest BCUT2D eigenvalue weighted by atomic mass is 16.1. The van der Waals surface area contributed by atoms with Crippen LogP contribution in [0.25, 0.3) is 0 Å². The van der Waals surface area contributed by atoms with E-state index in [1.807, 2.05) is 0 Å². The van der Waals surface area contributed by atoms with Gasteiger partial charge in [-0.25, -0.2) is 0 Å². The Balaban J connectivity index is 3.48. The fourth-order valence-electron chi connectivity index (χ4n) is 3.84. The molecule has 0 saturated heterocycles. The lowest BCUT2D eigenvalue weighted by atomic mass is 9.96. The molecule has 3 heteroatoms. The van der Waals surface area contributed by atoms with Crippen LogP contribution in [0, 0.1) is 11.8 Å². The Kier molecular flexibility index (Phi) is 18.4. The third-order valence-electron chi connectivity index (χ3n) is 5.92. The van der Waals surface area contributed by atoms with Crippen LogP contribution in [-0.4, -0.2) is 30.4 Å². The van der Waals surface area contributed by atoms with Crippen molar-refractivity contribution in [3.05, 3.63) is 0 Å². The lowest BCUT2D eigenvalue weighted by Crippen LogP contribution is -2.30. The molecule has 27 heavy (non-hydrogen) atoms. The van der Waals surface area contributed by atoms with Gasteiger partial charge in [0.1, 0.15) is 0 Å². The average molecular weight is 383 g/mol. The molecule has 0 aliphatic rings. The minimum atomic E-state index is -0.101. The van der Waals surface area contributed by atoms with Crippen molar-refractivity contribution in [2.24, 2.45) is 17.6 Å². The van der Waals surface area contributed by atoms with Crippen LogP contribution in [0.4, 0.5) is 0 Å². The van der Waals surface area contributed by atoms with Crippen molar-refractivity contribution in [2.75, 3.05) is 19.6 Å². The number of primary amides is 1. The van der Waals surface area contributed by atoms with Crippen LogP contribution in [0.15, 0.2) is 0 Å². The summed E-state index contributed by atoms with van der Waals surface area (Å²) in [6.45, 7) is 12.1. The number of nitrogens with two attached hydrogens (primary N) is 1. The first-order chi connectivity index (χ1) is 13.0. The van der Waals surface area contributed by atoms with Gasteiger partial charge in [-0.05, 0) is 38.4 Å². The molecular formula is C24H50N2O. The second-order valence-electron chi connectivity index (χ2n) is 8.78. The van der Waals surface area contributed by atoms with Crippen molar-refractivity contribution >= 4 is 5.91 Å². The van der Waals surface area contributed by atoms with Crippen molar-refractivity contribution in [3.63, 3.8) is 0 Å². The molecule has 0 saturated carbocycles. The van der Waals surface area contributed by atoms with Crippen LogP contribution in [0.5, 0.6) is 0 Å². The third kappa shape index (κ3) is 17.3. The van der Waals surface area contributed by atoms with E-state index in [0.717, 1.165) is 44.8 Å². The van der Waals surface area contributed by atoms with Gasteiger partial charge in [-0.1, -0.05) is 105 Å². The van der Waals surface area contributed by atoms with Crippen LogP contribution in [0.3, 0.4) is 0 Å². The van der Waals surface area contributed by atoms with Gasteiger partial charge in [-0.15, -0.1) is 0 Å².